The quantitative estimate of drug-likeness (QED) is 0.768. The standard InChI is InChI=1S/C17H20N2O5S/c1-3-10(2)14(16(22)23)18-15(21)12-6-4-5-11(7-12)8-19-13(20)9-25-17(19)24/h4-7,10,14H,3,8-9H2,1-2H3,(H,18,21)(H,22,23)/t10-,14-/m0/s1. The van der Waals surface area contributed by atoms with Crippen LogP contribution in [-0.4, -0.2) is 44.8 Å². The zero-order valence-electron chi connectivity index (χ0n) is 14.0. The maximum absolute atomic E-state index is 12.4. The summed E-state index contributed by atoms with van der Waals surface area (Å²) in [4.78, 5) is 48.2. The second-order valence-electron chi connectivity index (χ2n) is 5.91. The van der Waals surface area contributed by atoms with Crippen molar-refractivity contribution in [1.29, 1.82) is 0 Å². The summed E-state index contributed by atoms with van der Waals surface area (Å²) in [5, 5.41) is 11.5. The third kappa shape index (κ3) is 4.60. The van der Waals surface area contributed by atoms with Gasteiger partial charge in [-0.25, -0.2) is 4.79 Å². The zero-order chi connectivity index (χ0) is 18.6. The average molecular weight is 364 g/mol. The number of hydrogen-bond acceptors (Lipinski definition) is 5. The molecule has 0 aliphatic carbocycles. The molecular weight excluding hydrogens is 344 g/mol. The van der Waals surface area contributed by atoms with Crippen LogP contribution in [0.3, 0.4) is 0 Å². The van der Waals surface area contributed by atoms with Crippen LogP contribution in [-0.2, 0) is 16.1 Å². The van der Waals surface area contributed by atoms with Gasteiger partial charge in [-0.3, -0.25) is 19.3 Å². The minimum atomic E-state index is -1.08. The van der Waals surface area contributed by atoms with Gasteiger partial charge in [0.15, 0.2) is 0 Å². The molecule has 8 heteroatoms. The van der Waals surface area contributed by atoms with Gasteiger partial charge in [-0.2, -0.15) is 0 Å². The Hall–Kier alpha value is -2.35. The summed E-state index contributed by atoms with van der Waals surface area (Å²) < 4.78 is 0. The van der Waals surface area contributed by atoms with Crippen molar-refractivity contribution in [3.8, 4) is 0 Å². The topological polar surface area (TPSA) is 104 Å². The van der Waals surface area contributed by atoms with E-state index in [-0.39, 0.29) is 29.4 Å². The summed E-state index contributed by atoms with van der Waals surface area (Å²) in [5.41, 5.74) is 0.922. The normalized spacial score (nSPS) is 16.6. The molecule has 25 heavy (non-hydrogen) atoms. The zero-order valence-corrected chi connectivity index (χ0v) is 14.8. The Morgan fingerprint density at radius 3 is 2.64 bits per heavy atom. The summed E-state index contributed by atoms with van der Waals surface area (Å²) in [6, 6.07) is 5.51. The molecule has 0 aromatic heterocycles. The lowest BCUT2D eigenvalue weighted by Crippen LogP contribution is -2.45. The van der Waals surface area contributed by atoms with Crippen LogP contribution in [0.4, 0.5) is 4.79 Å². The Morgan fingerprint density at radius 2 is 2.08 bits per heavy atom. The number of imide groups is 1. The van der Waals surface area contributed by atoms with E-state index in [1.807, 2.05) is 6.92 Å². The molecule has 1 aromatic carbocycles. The molecule has 3 amide bonds. The fourth-order valence-electron chi connectivity index (χ4n) is 2.44. The van der Waals surface area contributed by atoms with E-state index in [1.54, 1.807) is 31.2 Å². The van der Waals surface area contributed by atoms with Crippen molar-refractivity contribution in [3.05, 3.63) is 35.4 Å². The third-order valence-electron chi connectivity index (χ3n) is 4.14. The van der Waals surface area contributed by atoms with E-state index in [9.17, 15) is 24.3 Å². The molecule has 2 rings (SSSR count). The van der Waals surface area contributed by atoms with Crippen molar-refractivity contribution in [2.45, 2.75) is 32.9 Å². The van der Waals surface area contributed by atoms with Crippen LogP contribution in [0.15, 0.2) is 24.3 Å². The lowest BCUT2D eigenvalue weighted by molar-refractivity contribution is -0.140. The molecule has 0 unspecified atom stereocenters. The van der Waals surface area contributed by atoms with Crippen molar-refractivity contribution < 1.29 is 24.3 Å². The number of carbonyl (C=O) groups is 4. The van der Waals surface area contributed by atoms with Gasteiger partial charge in [0, 0.05) is 5.56 Å². The molecule has 0 radical (unpaired) electrons. The first-order chi connectivity index (χ1) is 11.8. The number of nitrogens with zero attached hydrogens (tertiary/aromatic N) is 1. The van der Waals surface area contributed by atoms with Gasteiger partial charge in [0.25, 0.3) is 11.1 Å². The Balaban J connectivity index is 2.12. The van der Waals surface area contributed by atoms with E-state index in [2.05, 4.69) is 5.32 Å². The Labute approximate surface area is 149 Å². The number of benzene rings is 1. The predicted molar refractivity (Wildman–Crippen MR) is 93.2 cm³/mol. The molecule has 1 saturated heterocycles. The molecule has 7 nitrogen and oxygen atoms in total. The Bertz CT molecular complexity index is 690. The lowest BCUT2D eigenvalue weighted by Gasteiger charge is -2.20. The van der Waals surface area contributed by atoms with Gasteiger partial charge in [0.05, 0.1) is 12.3 Å². The summed E-state index contributed by atoms with van der Waals surface area (Å²) in [6.07, 6.45) is 0.619. The second kappa shape index (κ2) is 8.15. The van der Waals surface area contributed by atoms with Gasteiger partial charge in [-0.1, -0.05) is 44.2 Å². The molecule has 1 aliphatic rings. The summed E-state index contributed by atoms with van der Waals surface area (Å²) in [5.74, 6) is -1.91. The van der Waals surface area contributed by atoms with Crippen molar-refractivity contribution >= 4 is 34.8 Å². The number of rotatable bonds is 7. The number of carboxylic acid groups (broad SMARTS) is 1. The second-order valence-corrected chi connectivity index (χ2v) is 6.84. The fourth-order valence-corrected chi connectivity index (χ4v) is 3.16. The van der Waals surface area contributed by atoms with Gasteiger partial charge in [0.1, 0.15) is 6.04 Å². The number of aliphatic carboxylic acids is 1. The number of amides is 3. The van der Waals surface area contributed by atoms with Gasteiger partial charge < -0.3 is 10.4 Å². The van der Waals surface area contributed by atoms with Gasteiger partial charge in [-0.15, -0.1) is 0 Å². The molecule has 134 valence electrons. The first-order valence-corrected chi connectivity index (χ1v) is 8.91. The van der Waals surface area contributed by atoms with Gasteiger partial charge in [0.2, 0.25) is 5.91 Å². The highest BCUT2D eigenvalue weighted by atomic mass is 32.2. The van der Waals surface area contributed by atoms with Crippen LogP contribution >= 0.6 is 11.8 Å². The largest absolute Gasteiger partial charge is 0.480 e. The minimum Gasteiger partial charge on any atom is -0.480 e. The Kier molecular flexibility index (Phi) is 6.19. The van der Waals surface area contributed by atoms with E-state index in [1.165, 1.54) is 0 Å². The SMILES string of the molecule is CC[C@H](C)[C@H](NC(=O)c1cccc(CN2C(=O)CSC2=O)c1)C(=O)O. The van der Waals surface area contributed by atoms with Gasteiger partial charge >= 0.3 is 5.97 Å². The molecule has 0 spiro atoms. The van der Waals surface area contributed by atoms with Gasteiger partial charge in [-0.05, 0) is 23.6 Å². The molecule has 1 fully saturated rings. The summed E-state index contributed by atoms with van der Waals surface area (Å²) in [7, 11) is 0. The average Bonchev–Trinajstić information content (AvgIpc) is 2.90. The molecular formula is C17H20N2O5S. The number of carbonyl (C=O) groups excluding carboxylic acids is 3. The van der Waals surface area contributed by atoms with Crippen LogP contribution in [0.5, 0.6) is 0 Å². The molecule has 2 atom stereocenters. The fraction of sp³-hybridized carbons (Fsp3) is 0.412. The number of hydrogen-bond donors (Lipinski definition) is 2. The molecule has 2 N–H and O–H groups in total. The molecule has 1 aliphatic heterocycles. The van der Waals surface area contributed by atoms with Crippen LogP contribution in [0.1, 0.15) is 36.2 Å². The lowest BCUT2D eigenvalue weighted by atomic mass is 9.98. The van der Waals surface area contributed by atoms with Crippen molar-refractivity contribution in [1.82, 2.24) is 10.2 Å². The molecule has 1 aromatic rings. The Morgan fingerprint density at radius 1 is 1.36 bits per heavy atom. The monoisotopic (exact) mass is 364 g/mol. The van der Waals surface area contributed by atoms with Crippen molar-refractivity contribution in [2.75, 3.05) is 5.75 Å². The first-order valence-electron chi connectivity index (χ1n) is 7.93. The van der Waals surface area contributed by atoms with Crippen molar-refractivity contribution in [3.63, 3.8) is 0 Å². The minimum absolute atomic E-state index is 0.0967. The van der Waals surface area contributed by atoms with Crippen LogP contribution < -0.4 is 5.32 Å². The van der Waals surface area contributed by atoms with E-state index >= 15 is 0 Å². The predicted octanol–water partition coefficient (Wildman–Crippen LogP) is 2.11. The maximum Gasteiger partial charge on any atom is 0.326 e. The third-order valence-corrected chi connectivity index (χ3v) is 4.99. The number of thioether (sulfide) groups is 1. The summed E-state index contributed by atoms with van der Waals surface area (Å²) >= 11 is 0.953. The molecule has 0 saturated carbocycles. The highest BCUT2D eigenvalue weighted by molar-refractivity contribution is 8.14. The molecule has 0 bridgehead atoms. The van der Waals surface area contributed by atoms with E-state index in [4.69, 9.17) is 0 Å². The van der Waals surface area contributed by atoms with E-state index < -0.39 is 17.9 Å². The van der Waals surface area contributed by atoms with E-state index in [0.29, 0.717) is 17.5 Å². The summed E-state index contributed by atoms with van der Waals surface area (Å²) in [6.45, 7) is 3.72. The van der Waals surface area contributed by atoms with Crippen LogP contribution in [0, 0.1) is 5.92 Å². The maximum atomic E-state index is 12.4. The number of carboxylic acids is 1. The first kappa shape index (κ1) is 19.0. The smallest absolute Gasteiger partial charge is 0.326 e. The highest BCUT2D eigenvalue weighted by Crippen LogP contribution is 2.21. The van der Waals surface area contributed by atoms with Crippen LogP contribution in [0.2, 0.25) is 0 Å². The molecule has 1 heterocycles. The van der Waals surface area contributed by atoms with Crippen LogP contribution in [0.25, 0.3) is 0 Å². The number of nitrogens with one attached hydrogen (secondary N) is 1. The van der Waals surface area contributed by atoms with Crippen molar-refractivity contribution in [2.24, 2.45) is 5.92 Å². The van der Waals surface area contributed by atoms with E-state index in [0.717, 1.165) is 16.7 Å². The highest BCUT2D eigenvalue weighted by Gasteiger charge is 2.30.